The molecule has 0 aliphatic rings. The van der Waals surface area contributed by atoms with Crippen LogP contribution in [-0.4, -0.2) is 14.5 Å². The Labute approximate surface area is 112 Å². The molecule has 2 heterocycles. The lowest BCUT2D eigenvalue weighted by atomic mass is 10.3. The first-order valence-electron chi connectivity index (χ1n) is 5.37. The van der Waals surface area contributed by atoms with Crippen LogP contribution >= 0.6 is 22.9 Å². The SMILES string of the molecule is Fc1cccc2c1nc(CCl)n2Cc1nccs1. The molecule has 0 spiro atoms. The zero-order valence-corrected chi connectivity index (χ0v) is 10.9. The molecule has 0 saturated carbocycles. The highest BCUT2D eigenvalue weighted by Crippen LogP contribution is 2.22. The van der Waals surface area contributed by atoms with Gasteiger partial charge in [0.2, 0.25) is 0 Å². The summed E-state index contributed by atoms with van der Waals surface area (Å²) in [6.45, 7) is 0.569. The smallest absolute Gasteiger partial charge is 0.151 e. The topological polar surface area (TPSA) is 30.7 Å². The Bertz CT molecular complexity index is 678. The maximum Gasteiger partial charge on any atom is 0.151 e. The zero-order chi connectivity index (χ0) is 12.5. The minimum Gasteiger partial charge on any atom is -0.320 e. The standard InChI is InChI=1S/C12H9ClFN3S/c13-6-10-16-12-8(14)2-1-3-9(12)17(10)7-11-15-4-5-18-11/h1-5H,6-7H2. The summed E-state index contributed by atoms with van der Waals surface area (Å²) in [5.74, 6) is 0.586. The largest absolute Gasteiger partial charge is 0.320 e. The molecule has 18 heavy (non-hydrogen) atoms. The lowest BCUT2D eigenvalue weighted by Gasteiger charge is -2.04. The average Bonchev–Trinajstić information content (AvgIpc) is 2.99. The van der Waals surface area contributed by atoms with Gasteiger partial charge in [-0.25, -0.2) is 14.4 Å². The number of benzene rings is 1. The predicted octanol–water partition coefficient (Wildman–Crippen LogP) is 3.42. The number of nitrogens with zero attached hydrogens (tertiary/aromatic N) is 3. The second kappa shape index (κ2) is 4.66. The maximum absolute atomic E-state index is 13.7. The summed E-state index contributed by atoms with van der Waals surface area (Å²) < 4.78 is 15.6. The van der Waals surface area contributed by atoms with E-state index in [9.17, 15) is 4.39 Å². The van der Waals surface area contributed by atoms with Gasteiger partial charge in [-0.3, -0.25) is 0 Å². The number of para-hydroxylation sites is 1. The molecule has 3 rings (SSSR count). The molecular weight excluding hydrogens is 273 g/mol. The van der Waals surface area contributed by atoms with Crippen LogP contribution < -0.4 is 0 Å². The fraction of sp³-hybridized carbons (Fsp3) is 0.167. The van der Waals surface area contributed by atoms with Gasteiger partial charge in [0, 0.05) is 11.6 Å². The highest BCUT2D eigenvalue weighted by atomic mass is 35.5. The Morgan fingerprint density at radius 1 is 1.39 bits per heavy atom. The van der Waals surface area contributed by atoms with E-state index in [0.29, 0.717) is 17.9 Å². The van der Waals surface area contributed by atoms with Crippen LogP contribution in [0.3, 0.4) is 0 Å². The molecule has 0 atom stereocenters. The minimum atomic E-state index is -0.322. The molecule has 1 aromatic carbocycles. The number of imidazole rings is 1. The zero-order valence-electron chi connectivity index (χ0n) is 9.31. The molecule has 3 aromatic rings. The molecule has 0 amide bonds. The normalized spacial score (nSPS) is 11.2. The van der Waals surface area contributed by atoms with Crippen LogP contribution in [0.2, 0.25) is 0 Å². The highest BCUT2D eigenvalue weighted by molar-refractivity contribution is 7.09. The van der Waals surface area contributed by atoms with Crippen LogP contribution in [0.5, 0.6) is 0 Å². The van der Waals surface area contributed by atoms with Crippen molar-refractivity contribution in [2.24, 2.45) is 0 Å². The molecular formula is C12H9ClFN3S. The molecule has 0 radical (unpaired) electrons. The number of aromatic nitrogens is 3. The van der Waals surface area contributed by atoms with Crippen molar-refractivity contribution in [2.75, 3.05) is 0 Å². The van der Waals surface area contributed by atoms with Crippen LogP contribution in [0.4, 0.5) is 4.39 Å². The van der Waals surface area contributed by atoms with Crippen molar-refractivity contribution in [2.45, 2.75) is 12.4 Å². The molecule has 3 nitrogen and oxygen atoms in total. The minimum absolute atomic E-state index is 0.249. The highest BCUT2D eigenvalue weighted by Gasteiger charge is 2.13. The van der Waals surface area contributed by atoms with E-state index in [4.69, 9.17) is 11.6 Å². The summed E-state index contributed by atoms with van der Waals surface area (Å²) in [4.78, 5) is 8.47. The number of hydrogen-bond acceptors (Lipinski definition) is 3. The number of halogens is 2. The lowest BCUT2D eigenvalue weighted by molar-refractivity contribution is 0.637. The van der Waals surface area contributed by atoms with E-state index in [1.54, 1.807) is 23.6 Å². The van der Waals surface area contributed by atoms with Gasteiger partial charge in [-0.2, -0.15) is 0 Å². The molecule has 0 aliphatic carbocycles. The fourth-order valence-electron chi connectivity index (χ4n) is 1.91. The van der Waals surface area contributed by atoms with Gasteiger partial charge < -0.3 is 4.57 Å². The van der Waals surface area contributed by atoms with Crippen molar-refractivity contribution in [1.82, 2.24) is 14.5 Å². The number of alkyl halides is 1. The number of thiazole rings is 1. The number of fused-ring (bicyclic) bond motifs is 1. The van der Waals surface area contributed by atoms with Crippen molar-refractivity contribution >= 4 is 34.0 Å². The third-order valence-electron chi connectivity index (χ3n) is 2.71. The van der Waals surface area contributed by atoms with Gasteiger partial charge >= 0.3 is 0 Å². The van der Waals surface area contributed by atoms with E-state index >= 15 is 0 Å². The first-order valence-corrected chi connectivity index (χ1v) is 6.79. The summed E-state index contributed by atoms with van der Waals surface area (Å²) in [5, 5.41) is 2.86. The van der Waals surface area contributed by atoms with Gasteiger partial charge in [-0.1, -0.05) is 6.07 Å². The van der Waals surface area contributed by atoms with Gasteiger partial charge in [0.15, 0.2) is 5.82 Å². The molecule has 0 N–H and O–H groups in total. The number of hydrogen-bond donors (Lipinski definition) is 0. The summed E-state index contributed by atoms with van der Waals surface area (Å²) in [5.41, 5.74) is 1.12. The molecule has 0 bridgehead atoms. The van der Waals surface area contributed by atoms with Gasteiger partial charge in [0.1, 0.15) is 16.3 Å². The predicted molar refractivity (Wildman–Crippen MR) is 70.5 cm³/mol. The van der Waals surface area contributed by atoms with E-state index in [2.05, 4.69) is 9.97 Å². The summed E-state index contributed by atoms with van der Waals surface area (Å²) in [7, 11) is 0. The fourth-order valence-corrected chi connectivity index (χ4v) is 2.71. The van der Waals surface area contributed by atoms with Gasteiger partial charge in [0.25, 0.3) is 0 Å². The second-order valence-corrected chi connectivity index (χ2v) is 5.03. The van der Waals surface area contributed by atoms with Crippen molar-refractivity contribution < 1.29 is 4.39 Å². The molecule has 2 aromatic heterocycles. The van der Waals surface area contributed by atoms with E-state index in [0.717, 1.165) is 10.5 Å². The van der Waals surface area contributed by atoms with E-state index in [1.807, 2.05) is 16.0 Å². The molecule has 6 heteroatoms. The van der Waals surface area contributed by atoms with E-state index in [1.165, 1.54) is 6.07 Å². The van der Waals surface area contributed by atoms with Crippen LogP contribution in [-0.2, 0) is 12.4 Å². The van der Waals surface area contributed by atoms with Crippen molar-refractivity contribution in [1.29, 1.82) is 0 Å². The third kappa shape index (κ3) is 1.89. The van der Waals surface area contributed by atoms with Gasteiger partial charge in [-0.15, -0.1) is 22.9 Å². The van der Waals surface area contributed by atoms with Crippen molar-refractivity contribution in [3.8, 4) is 0 Å². The average molecular weight is 282 g/mol. The summed E-state index contributed by atoms with van der Waals surface area (Å²) >= 11 is 7.43. The summed E-state index contributed by atoms with van der Waals surface area (Å²) in [6, 6.07) is 4.92. The molecule has 0 unspecified atom stereocenters. The Balaban J connectivity index is 2.17. The van der Waals surface area contributed by atoms with Gasteiger partial charge in [-0.05, 0) is 12.1 Å². The lowest BCUT2D eigenvalue weighted by Crippen LogP contribution is -2.03. The molecule has 0 aliphatic heterocycles. The van der Waals surface area contributed by atoms with Crippen LogP contribution in [0.25, 0.3) is 11.0 Å². The van der Waals surface area contributed by atoms with Gasteiger partial charge in [0.05, 0.1) is 17.9 Å². The van der Waals surface area contributed by atoms with Crippen LogP contribution in [0, 0.1) is 5.82 Å². The molecule has 92 valence electrons. The monoisotopic (exact) mass is 281 g/mol. The summed E-state index contributed by atoms with van der Waals surface area (Å²) in [6.07, 6.45) is 1.75. The van der Waals surface area contributed by atoms with Crippen LogP contribution in [0.15, 0.2) is 29.8 Å². The van der Waals surface area contributed by atoms with Crippen molar-refractivity contribution in [3.63, 3.8) is 0 Å². The van der Waals surface area contributed by atoms with Crippen molar-refractivity contribution in [3.05, 3.63) is 46.4 Å². The van der Waals surface area contributed by atoms with E-state index in [-0.39, 0.29) is 11.7 Å². The number of rotatable bonds is 3. The first-order chi connectivity index (χ1) is 8.79. The Morgan fingerprint density at radius 2 is 2.28 bits per heavy atom. The Kier molecular flexibility index (Phi) is 3.01. The molecule has 0 saturated heterocycles. The third-order valence-corrected chi connectivity index (χ3v) is 3.71. The Morgan fingerprint density at radius 3 is 3.00 bits per heavy atom. The Hall–Kier alpha value is -1.46. The maximum atomic E-state index is 13.7. The molecule has 0 fully saturated rings. The van der Waals surface area contributed by atoms with E-state index < -0.39 is 0 Å². The quantitative estimate of drug-likeness (QED) is 0.689. The van der Waals surface area contributed by atoms with Crippen LogP contribution in [0.1, 0.15) is 10.8 Å². The second-order valence-electron chi connectivity index (χ2n) is 3.78. The first kappa shape index (κ1) is 11.6.